The van der Waals surface area contributed by atoms with Gasteiger partial charge >= 0.3 is 5.97 Å². The van der Waals surface area contributed by atoms with E-state index in [1.54, 1.807) is 0 Å². The summed E-state index contributed by atoms with van der Waals surface area (Å²) < 4.78 is 1.94. The Morgan fingerprint density at radius 3 is 2.33 bits per heavy atom. The van der Waals surface area contributed by atoms with Crippen LogP contribution in [0.5, 0.6) is 0 Å². The van der Waals surface area contributed by atoms with Crippen molar-refractivity contribution in [1.82, 2.24) is 15.1 Å². The highest BCUT2D eigenvalue weighted by atomic mass is 16.4. The maximum atomic E-state index is 13.3. The van der Waals surface area contributed by atoms with Gasteiger partial charge in [0.2, 0.25) is 0 Å². The van der Waals surface area contributed by atoms with Crippen LogP contribution in [0.1, 0.15) is 54.6 Å². The SMILES string of the molecule is CC(c1ccc(-c2ccccc2)cc1)n1ncc2cccc(C(=O)NC3CC4(C3)CC(C(=O)O)C4)c21. The van der Waals surface area contributed by atoms with Crippen LogP contribution in [0.2, 0.25) is 0 Å². The lowest BCUT2D eigenvalue weighted by atomic mass is 9.50. The minimum absolute atomic E-state index is 0.0452. The number of rotatable bonds is 6. The van der Waals surface area contributed by atoms with Gasteiger partial charge in [0.15, 0.2) is 0 Å². The number of benzene rings is 3. The van der Waals surface area contributed by atoms with Crippen molar-refractivity contribution in [2.45, 2.75) is 44.7 Å². The first-order valence-electron chi connectivity index (χ1n) is 12.6. The molecule has 2 N–H and O–H groups in total. The number of carbonyl (C=O) groups excluding carboxylic acids is 1. The second kappa shape index (κ2) is 8.63. The maximum Gasteiger partial charge on any atom is 0.306 e. The molecule has 1 amide bonds. The van der Waals surface area contributed by atoms with Gasteiger partial charge in [-0.2, -0.15) is 5.10 Å². The molecule has 3 aromatic carbocycles. The molecule has 2 saturated carbocycles. The van der Waals surface area contributed by atoms with Crippen molar-refractivity contribution in [1.29, 1.82) is 0 Å². The van der Waals surface area contributed by atoms with Crippen LogP contribution in [0.15, 0.2) is 79.0 Å². The molecule has 1 spiro atoms. The predicted molar refractivity (Wildman–Crippen MR) is 139 cm³/mol. The van der Waals surface area contributed by atoms with Crippen molar-refractivity contribution in [3.8, 4) is 11.1 Å². The molecule has 1 atom stereocenters. The maximum absolute atomic E-state index is 13.3. The molecule has 36 heavy (non-hydrogen) atoms. The van der Waals surface area contributed by atoms with Crippen molar-refractivity contribution >= 4 is 22.8 Å². The van der Waals surface area contributed by atoms with E-state index in [1.807, 2.05) is 47.3 Å². The number of aromatic nitrogens is 2. The second-order valence-corrected chi connectivity index (χ2v) is 10.5. The molecule has 6 nitrogen and oxygen atoms in total. The van der Waals surface area contributed by atoms with Gasteiger partial charge in [-0.1, -0.05) is 66.7 Å². The Morgan fingerprint density at radius 2 is 1.64 bits per heavy atom. The molecule has 4 aromatic rings. The molecule has 2 aliphatic carbocycles. The van der Waals surface area contributed by atoms with Crippen LogP contribution < -0.4 is 5.32 Å². The van der Waals surface area contributed by atoms with Crippen LogP contribution in [0, 0.1) is 11.3 Å². The zero-order chi connectivity index (χ0) is 24.9. The number of nitrogens with zero attached hydrogens (tertiary/aromatic N) is 2. The Labute approximate surface area is 210 Å². The Balaban J connectivity index is 1.20. The van der Waals surface area contributed by atoms with Gasteiger partial charge in [-0.25, -0.2) is 0 Å². The number of nitrogens with one attached hydrogen (secondary N) is 1. The number of para-hydroxylation sites is 1. The Bertz CT molecular complexity index is 1430. The fourth-order valence-corrected chi connectivity index (χ4v) is 6.15. The molecule has 6 heteroatoms. The quantitative estimate of drug-likeness (QED) is 0.372. The zero-order valence-electron chi connectivity index (χ0n) is 20.2. The molecule has 0 radical (unpaired) electrons. The minimum Gasteiger partial charge on any atom is -0.481 e. The number of aliphatic carboxylic acids is 1. The van der Waals surface area contributed by atoms with E-state index in [1.165, 1.54) is 5.56 Å². The van der Waals surface area contributed by atoms with Crippen molar-refractivity contribution < 1.29 is 14.7 Å². The van der Waals surface area contributed by atoms with Gasteiger partial charge in [0.05, 0.1) is 29.2 Å². The molecule has 2 fully saturated rings. The van der Waals surface area contributed by atoms with Gasteiger partial charge < -0.3 is 10.4 Å². The summed E-state index contributed by atoms with van der Waals surface area (Å²) in [6.45, 7) is 2.10. The number of carbonyl (C=O) groups is 2. The molecule has 0 aliphatic heterocycles. The van der Waals surface area contributed by atoms with E-state index in [0.29, 0.717) is 5.56 Å². The summed E-state index contributed by atoms with van der Waals surface area (Å²) in [5.74, 6) is -1.01. The predicted octanol–water partition coefficient (Wildman–Crippen LogP) is 5.69. The minimum atomic E-state index is -0.697. The smallest absolute Gasteiger partial charge is 0.306 e. The summed E-state index contributed by atoms with van der Waals surface area (Å²) in [5.41, 5.74) is 5.03. The van der Waals surface area contributed by atoms with E-state index in [2.05, 4.69) is 53.7 Å². The summed E-state index contributed by atoms with van der Waals surface area (Å²) in [6.07, 6.45) is 5.01. The van der Waals surface area contributed by atoms with E-state index >= 15 is 0 Å². The lowest BCUT2D eigenvalue weighted by Gasteiger charge is -2.56. The average molecular weight is 480 g/mol. The number of fused-ring (bicyclic) bond motifs is 1. The lowest BCUT2D eigenvalue weighted by molar-refractivity contribution is -0.155. The first-order valence-corrected chi connectivity index (χ1v) is 12.6. The van der Waals surface area contributed by atoms with Crippen LogP contribution in [-0.4, -0.2) is 32.8 Å². The van der Waals surface area contributed by atoms with Gasteiger partial charge in [0.1, 0.15) is 0 Å². The van der Waals surface area contributed by atoms with Crippen LogP contribution >= 0.6 is 0 Å². The van der Waals surface area contributed by atoms with Gasteiger partial charge in [-0.3, -0.25) is 14.3 Å². The third-order valence-corrected chi connectivity index (χ3v) is 8.13. The molecule has 2 aliphatic rings. The van der Waals surface area contributed by atoms with Crippen LogP contribution in [-0.2, 0) is 4.79 Å². The first kappa shape index (κ1) is 22.5. The molecule has 6 rings (SSSR count). The van der Waals surface area contributed by atoms with Gasteiger partial charge in [0.25, 0.3) is 5.91 Å². The van der Waals surface area contributed by atoms with E-state index in [-0.39, 0.29) is 29.3 Å². The Morgan fingerprint density at radius 1 is 0.944 bits per heavy atom. The van der Waals surface area contributed by atoms with Crippen LogP contribution in [0.25, 0.3) is 22.0 Å². The molecule has 1 aromatic heterocycles. The molecule has 0 saturated heterocycles. The number of hydrogen-bond donors (Lipinski definition) is 2. The largest absolute Gasteiger partial charge is 0.481 e. The van der Waals surface area contributed by atoms with Gasteiger partial charge in [-0.15, -0.1) is 0 Å². The Kier molecular flexibility index (Phi) is 5.40. The Hall–Kier alpha value is -3.93. The molecular formula is C30H29N3O3. The number of carboxylic acids is 1. The van der Waals surface area contributed by atoms with E-state index in [4.69, 9.17) is 5.11 Å². The monoisotopic (exact) mass is 479 g/mol. The summed E-state index contributed by atoms with van der Waals surface area (Å²) in [4.78, 5) is 24.5. The first-order chi connectivity index (χ1) is 17.4. The van der Waals surface area contributed by atoms with Gasteiger partial charge in [-0.05, 0) is 60.8 Å². The molecular weight excluding hydrogens is 450 g/mol. The summed E-state index contributed by atoms with van der Waals surface area (Å²) in [6, 6.07) is 24.6. The highest BCUT2D eigenvalue weighted by molar-refractivity contribution is 6.05. The molecule has 1 heterocycles. The number of amides is 1. The van der Waals surface area contributed by atoms with E-state index in [0.717, 1.165) is 47.7 Å². The molecule has 1 unspecified atom stereocenters. The zero-order valence-corrected chi connectivity index (χ0v) is 20.2. The van der Waals surface area contributed by atoms with Crippen molar-refractivity contribution in [3.63, 3.8) is 0 Å². The van der Waals surface area contributed by atoms with Gasteiger partial charge in [0, 0.05) is 11.4 Å². The van der Waals surface area contributed by atoms with Crippen LogP contribution in [0.4, 0.5) is 0 Å². The number of carboxylic acid groups (broad SMARTS) is 1. The standard InChI is InChI=1S/C30H29N3O3/c1-19(20-10-12-22(13-11-20)21-6-3-2-4-7-21)33-27-23(18-31-33)8-5-9-26(27)28(34)32-25-16-30(17-25)14-24(15-30)29(35)36/h2-13,18-19,24-25H,14-17H2,1H3,(H,32,34)(H,35,36). The summed E-state index contributed by atoms with van der Waals surface area (Å²) in [7, 11) is 0. The van der Waals surface area contributed by atoms with Crippen molar-refractivity contribution in [2.24, 2.45) is 11.3 Å². The third kappa shape index (κ3) is 3.87. The topological polar surface area (TPSA) is 84.2 Å². The second-order valence-electron chi connectivity index (χ2n) is 10.5. The molecule has 182 valence electrons. The normalized spacial score (nSPS) is 23.6. The van der Waals surface area contributed by atoms with Crippen molar-refractivity contribution in [3.05, 3.63) is 90.1 Å². The van der Waals surface area contributed by atoms with E-state index in [9.17, 15) is 9.59 Å². The fraction of sp³-hybridized carbons (Fsp3) is 0.300. The fourth-order valence-electron chi connectivity index (χ4n) is 6.15. The molecule has 0 bridgehead atoms. The lowest BCUT2D eigenvalue weighted by Crippen LogP contribution is -2.57. The highest BCUT2D eigenvalue weighted by Crippen LogP contribution is 2.58. The third-order valence-electron chi connectivity index (χ3n) is 8.13. The summed E-state index contributed by atoms with van der Waals surface area (Å²) >= 11 is 0. The highest BCUT2D eigenvalue weighted by Gasteiger charge is 2.55. The van der Waals surface area contributed by atoms with E-state index < -0.39 is 5.97 Å². The number of hydrogen-bond acceptors (Lipinski definition) is 3. The van der Waals surface area contributed by atoms with Crippen molar-refractivity contribution in [2.75, 3.05) is 0 Å². The average Bonchev–Trinajstić information content (AvgIpc) is 3.29. The van der Waals surface area contributed by atoms with Crippen LogP contribution in [0.3, 0.4) is 0 Å². The summed E-state index contributed by atoms with van der Waals surface area (Å²) in [5, 5.41) is 17.9.